The summed E-state index contributed by atoms with van der Waals surface area (Å²) < 4.78 is 28.6. The van der Waals surface area contributed by atoms with Crippen molar-refractivity contribution in [3.8, 4) is 34.4 Å². The lowest BCUT2D eigenvalue weighted by atomic mass is 10.0. The SMILES string of the molecule is COc1ccc(C2N=C3SC=C(c4ccccc4)N3c3c2sc(=S)n3-c2ccc(CCc3ccc(-n4c5c(sc4=S)C(c4ccc(OC)c(OC)c4)N=C4SC=C(c6ccccc6)N45)cc3)cc2)cc1OC. The highest BCUT2D eigenvalue weighted by molar-refractivity contribution is 8.17. The lowest BCUT2D eigenvalue weighted by molar-refractivity contribution is 0.354. The van der Waals surface area contributed by atoms with Gasteiger partial charge in [-0.3, -0.25) is 18.9 Å². The van der Waals surface area contributed by atoms with Crippen LogP contribution in [-0.4, -0.2) is 47.9 Å². The molecular formula is C56H44N6O4S6. The fourth-order valence-electron chi connectivity index (χ4n) is 9.58. The Kier molecular flexibility index (Phi) is 12.5. The van der Waals surface area contributed by atoms with E-state index in [1.807, 2.05) is 36.4 Å². The first-order chi connectivity index (χ1) is 35.3. The van der Waals surface area contributed by atoms with Gasteiger partial charge < -0.3 is 18.9 Å². The molecule has 4 aliphatic heterocycles. The Hall–Kier alpha value is -6.66. The second kappa shape index (κ2) is 19.4. The van der Waals surface area contributed by atoms with Gasteiger partial charge in [0.2, 0.25) is 0 Å². The summed E-state index contributed by atoms with van der Waals surface area (Å²) >= 11 is 18.9. The molecule has 8 aromatic rings. The number of thiazole rings is 2. The van der Waals surface area contributed by atoms with Crippen LogP contribution in [0, 0.1) is 7.91 Å². The molecule has 0 spiro atoms. The molecule has 0 N–H and O–H groups in total. The third kappa shape index (κ3) is 8.10. The van der Waals surface area contributed by atoms with E-state index in [2.05, 4.69) is 139 Å². The van der Waals surface area contributed by atoms with E-state index in [9.17, 15) is 0 Å². The van der Waals surface area contributed by atoms with Gasteiger partial charge in [0.05, 0.1) is 49.6 Å². The molecule has 6 aromatic carbocycles. The number of aromatic nitrogens is 2. The van der Waals surface area contributed by atoms with Crippen LogP contribution in [-0.2, 0) is 12.8 Å². The van der Waals surface area contributed by atoms with E-state index in [4.69, 9.17) is 53.4 Å². The molecule has 0 amide bonds. The molecule has 2 unspecified atom stereocenters. The standard InChI is InChI=1S/C56H44N6O4S6/c1-63-43-27-21-37(29-45(43)65-3)47-49-51(61-41(31-69-53(61)57-47)35-11-7-5-8-12-35)59(55(67)71-49)39-23-17-33(18-24-39)15-16-34-19-25-40(26-20-34)60-52-50(72-56(60)68)48(38-22-28-44(64-2)46(30-38)66-4)58-54-62(52)42(32-70-54)36-13-9-6-10-14-36/h5-14,17-32,47-48H,15-16H2,1-4H3. The summed E-state index contributed by atoms with van der Waals surface area (Å²) in [5, 5.41) is 6.17. The molecule has 6 heterocycles. The molecule has 72 heavy (non-hydrogen) atoms. The van der Waals surface area contributed by atoms with Crippen molar-refractivity contribution in [2.45, 2.75) is 24.9 Å². The minimum Gasteiger partial charge on any atom is -0.493 e. The van der Waals surface area contributed by atoms with Crippen LogP contribution in [0.5, 0.6) is 23.0 Å². The number of aliphatic imine (C=N–C) groups is 2. The van der Waals surface area contributed by atoms with E-state index >= 15 is 0 Å². The number of hydrogen-bond acceptors (Lipinski definition) is 14. The largest absolute Gasteiger partial charge is 0.493 e. The number of rotatable bonds is 13. The summed E-state index contributed by atoms with van der Waals surface area (Å²) in [7, 11) is 6.62. The van der Waals surface area contributed by atoms with Gasteiger partial charge in [-0.25, -0.2) is 9.98 Å². The van der Waals surface area contributed by atoms with E-state index < -0.39 is 0 Å². The fraction of sp³-hybridized carbons (Fsp3) is 0.143. The molecule has 2 aromatic heterocycles. The summed E-state index contributed by atoms with van der Waals surface area (Å²) in [6, 6.07) is 50.1. The highest BCUT2D eigenvalue weighted by atomic mass is 32.2. The second-order valence-corrected chi connectivity index (χ2v) is 22.1. The summed E-state index contributed by atoms with van der Waals surface area (Å²) in [5.74, 6) is 4.68. The van der Waals surface area contributed by atoms with Crippen molar-refractivity contribution in [1.29, 1.82) is 0 Å². The summed E-state index contributed by atoms with van der Waals surface area (Å²) in [6.45, 7) is 0. The highest BCUT2D eigenvalue weighted by Crippen LogP contribution is 2.53. The van der Waals surface area contributed by atoms with Gasteiger partial charge in [-0.2, -0.15) is 0 Å². The Labute approximate surface area is 443 Å². The van der Waals surface area contributed by atoms with Crippen LogP contribution in [0.3, 0.4) is 0 Å². The predicted octanol–water partition coefficient (Wildman–Crippen LogP) is 14.7. The zero-order chi connectivity index (χ0) is 49.0. The molecule has 0 saturated carbocycles. The minimum absolute atomic E-state index is 0.281. The third-order valence-electron chi connectivity index (χ3n) is 13.1. The van der Waals surface area contributed by atoms with Crippen LogP contribution >= 0.6 is 70.6 Å². The fourth-order valence-corrected chi connectivity index (χ4v) is 14.4. The molecular weight excluding hydrogens is 1010 g/mol. The van der Waals surface area contributed by atoms with Gasteiger partial charge in [0.1, 0.15) is 23.7 Å². The maximum Gasteiger partial charge on any atom is 0.174 e. The Morgan fingerprint density at radius 2 is 0.861 bits per heavy atom. The van der Waals surface area contributed by atoms with Crippen LogP contribution in [0.4, 0.5) is 11.6 Å². The Balaban J connectivity index is 0.835. The van der Waals surface area contributed by atoms with E-state index in [-0.39, 0.29) is 12.1 Å². The average molecular weight is 1060 g/mol. The number of methoxy groups -OCH3 is 4. The molecule has 4 aliphatic rings. The Morgan fingerprint density at radius 1 is 0.472 bits per heavy atom. The second-order valence-electron chi connectivity index (χ2n) is 17.1. The van der Waals surface area contributed by atoms with Crippen molar-refractivity contribution < 1.29 is 18.9 Å². The highest BCUT2D eigenvalue weighted by Gasteiger charge is 2.41. The number of thioether (sulfide) groups is 2. The number of benzene rings is 6. The molecule has 0 fully saturated rings. The number of ether oxygens (including phenoxy) is 4. The monoisotopic (exact) mass is 1060 g/mol. The van der Waals surface area contributed by atoms with E-state index in [0.717, 1.165) is 97.5 Å². The van der Waals surface area contributed by atoms with Gasteiger partial charge >= 0.3 is 0 Å². The zero-order valence-corrected chi connectivity index (χ0v) is 44.2. The van der Waals surface area contributed by atoms with Crippen LogP contribution in [0.1, 0.15) is 55.2 Å². The Morgan fingerprint density at radius 3 is 1.24 bits per heavy atom. The molecule has 0 radical (unpaired) electrons. The molecule has 0 bridgehead atoms. The van der Waals surface area contributed by atoms with E-state index in [0.29, 0.717) is 23.0 Å². The molecule has 12 rings (SSSR count). The molecule has 0 saturated heterocycles. The lowest BCUT2D eigenvalue weighted by Gasteiger charge is -2.31. The number of hydrogen-bond donors (Lipinski definition) is 0. The summed E-state index contributed by atoms with van der Waals surface area (Å²) in [5.41, 5.74) is 10.8. The normalized spacial score (nSPS) is 16.4. The van der Waals surface area contributed by atoms with Gasteiger partial charge in [-0.15, -0.1) is 22.7 Å². The Bertz CT molecular complexity index is 3410. The van der Waals surface area contributed by atoms with Gasteiger partial charge in [-0.05, 0) is 119 Å². The lowest BCUT2D eigenvalue weighted by Crippen LogP contribution is -2.30. The van der Waals surface area contributed by atoms with Crippen molar-refractivity contribution in [3.63, 3.8) is 0 Å². The van der Waals surface area contributed by atoms with Crippen LogP contribution < -0.4 is 28.7 Å². The van der Waals surface area contributed by atoms with Crippen LogP contribution in [0.2, 0.25) is 0 Å². The number of fused-ring (bicyclic) bond motifs is 6. The minimum atomic E-state index is -0.281. The smallest absolute Gasteiger partial charge is 0.174 e. The van der Waals surface area contributed by atoms with Gasteiger partial charge in [0.15, 0.2) is 41.2 Å². The number of amidine groups is 2. The van der Waals surface area contributed by atoms with Gasteiger partial charge in [0, 0.05) is 22.2 Å². The molecule has 10 nitrogen and oxygen atoms in total. The first-order valence-electron chi connectivity index (χ1n) is 23.1. The zero-order valence-electron chi connectivity index (χ0n) is 39.3. The maximum atomic E-state index is 6.24. The van der Waals surface area contributed by atoms with Crippen molar-refractivity contribution in [2.24, 2.45) is 9.98 Å². The predicted molar refractivity (Wildman–Crippen MR) is 303 cm³/mol. The summed E-state index contributed by atoms with van der Waals surface area (Å²) in [4.78, 5) is 17.4. The van der Waals surface area contributed by atoms with Crippen molar-refractivity contribution >= 4 is 104 Å². The molecule has 16 heteroatoms. The van der Waals surface area contributed by atoms with Gasteiger partial charge in [0.25, 0.3) is 0 Å². The van der Waals surface area contributed by atoms with Crippen molar-refractivity contribution in [3.05, 3.63) is 207 Å². The number of anilines is 2. The van der Waals surface area contributed by atoms with Crippen molar-refractivity contribution in [2.75, 3.05) is 38.2 Å². The van der Waals surface area contributed by atoms with E-state index in [1.54, 1.807) is 74.6 Å². The van der Waals surface area contributed by atoms with Crippen molar-refractivity contribution in [1.82, 2.24) is 9.13 Å². The first-order valence-corrected chi connectivity index (χ1v) is 27.3. The third-order valence-corrected chi connectivity index (χ3v) is 17.6. The average Bonchev–Trinajstić information content (AvgIpc) is 4.22. The summed E-state index contributed by atoms with van der Waals surface area (Å²) in [6.07, 6.45) is 1.73. The number of aryl methyl sites for hydroxylation is 2. The molecule has 2 atom stereocenters. The van der Waals surface area contributed by atoms with Crippen LogP contribution in [0.15, 0.2) is 166 Å². The van der Waals surface area contributed by atoms with E-state index in [1.165, 1.54) is 11.1 Å². The quantitative estimate of drug-likeness (QED) is 0.104. The first kappa shape index (κ1) is 46.4. The van der Waals surface area contributed by atoms with Crippen LogP contribution in [0.25, 0.3) is 22.8 Å². The molecule has 0 aliphatic carbocycles. The van der Waals surface area contributed by atoms with Gasteiger partial charge in [-0.1, -0.05) is 121 Å². The maximum absolute atomic E-state index is 6.24. The number of nitrogens with zero attached hydrogens (tertiary/aromatic N) is 6. The molecule has 358 valence electrons. The topological polar surface area (TPSA) is 78.0 Å².